The van der Waals surface area contributed by atoms with Gasteiger partial charge >= 0.3 is 0 Å². The van der Waals surface area contributed by atoms with E-state index in [1.807, 2.05) is 6.92 Å². The number of nitro benzene ring substituents is 1. The van der Waals surface area contributed by atoms with Crippen LogP contribution in [-0.4, -0.2) is 40.7 Å². The van der Waals surface area contributed by atoms with Gasteiger partial charge < -0.3 is 4.57 Å². The van der Waals surface area contributed by atoms with Crippen LogP contribution < -0.4 is 4.80 Å². The molecule has 0 saturated carbocycles. The lowest BCUT2D eigenvalue weighted by atomic mass is 10.2. The van der Waals surface area contributed by atoms with Crippen molar-refractivity contribution < 1.29 is 18.1 Å². The normalized spacial score (nSPS) is 18.3. The molecule has 0 spiro atoms. The fourth-order valence-corrected chi connectivity index (χ4v) is 7.38. The van der Waals surface area contributed by atoms with Gasteiger partial charge in [0, 0.05) is 25.2 Å². The average Bonchev–Trinajstić information content (AvgIpc) is 3.45. The maximum absolute atomic E-state index is 13.0. The van der Waals surface area contributed by atoms with E-state index in [4.69, 9.17) is 0 Å². The van der Waals surface area contributed by atoms with E-state index < -0.39 is 26.9 Å². The summed E-state index contributed by atoms with van der Waals surface area (Å²) in [6, 6.07) is 6.85. The number of hydrogen-bond acceptors (Lipinski definition) is 7. The number of aryl methyl sites for hydroxylation is 1. The van der Waals surface area contributed by atoms with Crippen molar-refractivity contribution in [1.29, 1.82) is 0 Å². The second-order valence-corrected chi connectivity index (χ2v) is 10.8. The van der Waals surface area contributed by atoms with Crippen LogP contribution >= 0.6 is 22.7 Å². The zero-order valence-corrected chi connectivity index (χ0v) is 18.4. The predicted octanol–water partition coefficient (Wildman–Crippen LogP) is 2.97. The minimum Gasteiger partial charge on any atom is -0.316 e. The number of carbonyl (C=O) groups is 1. The highest BCUT2D eigenvalue weighted by Gasteiger charge is 2.39. The fourth-order valence-electron chi connectivity index (χ4n) is 3.53. The largest absolute Gasteiger partial charge is 0.316 e. The lowest BCUT2D eigenvalue weighted by molar-refractivity contribution is -0.384. The number of nitro groups is 1. The van der Waals surface area contributed by atoms with Crippen LogP contribution in [0.2, 0.25) is 0 Å². The highest BCUT2D eigenvalue weighted by Crippen LogP contribution is 2.29. The highest BCUT2D eigenvalue weighted by atomic mass is 32.2. The summed E-state index contributed by atoms with van der Waals surface area (Å²) in [6.45, 7) is 2.60. The van der Waals surface area contributed by atoms with Crippen molar-refractivity contribution >= 4 is 54.5 Å². The van der Waals surface area contributed by atoms with Gasteiger partial charge in [-0.15, -0.1) is 11.3 Å². The molecule has 0 bridgehead atoms. The van der Waals surface area contributed by atoms with Crippen LogP contribution in [0.4, 0.5) is 5.69 Å². The van der Waals surface area contributed by atoms with Gasteiger partial charge in [0.15, 0.2) is 4.80 Å². The van der Waals surface area contributed by atoms with Gasteiger partial charge in [0.1, 0.15) is 10.3 Å². The van der Waals surface area contributed by atoms with Crippen LogP contribution in [0.25, 0.3) is 10.2 Å². The minimum atomic E-state index is -3.74. The molecule has 1 aliphatic heterocycles. The number of thiophene rings is 1. The van der Waals surface area contributed by atoms with Crippen LogP contribution in [0.3, 0.4) is 0 Å². The lowest BCUT2D eigenvalue weighted by Crippen LogP contribution is -2.40. The molecule has 1 aliphatic rings. The van der Waals surface area contributed by atoms with Gasteiger partial charge in [0.05, 0.1) is 15.1 Å². The predicted molar refractivity (Wildman–Crippen MR) is 114 cm³/mol. The van der Waals surface area contributed by atoms with Gasteiger partial charge in [0.2, 0.25) is 0 Å². The first-order valence-electron chi connectivity index (χ1n) is 9.24. The third kappa shape index (κ3) is 3.60. The number of rotatable bonds is 5. The SMILES string of the molecule is CCn1c(=NC(=O)C2CCCN2S(=O)(=O)c2cccs2)sc2ccc([N+](=O)[O-])cc21. The van der Waals surface area contributed by atoms with Gasteiger partial charge in [-0.2, -0.15) is 9.30 Å². The molecule has 1 saturated heterocycles. The number of carbonyl (C=O) groups excluding carboxylic acids is 1. The molecule has 1 unspecified atom stereocenters. The third-order valence-corrected chi connectivity index (χ3v) is 9.29. The Morgan fingerprint density at radius 2 is 2.17 bits per heavy atom. The molecule has 30 heavy (non-hydrogen) atoms. The van der Waals surface area contributed by atoms with E-state index in [1.165, 1.54) is 33.8 Å². The van der Waals surface area contributed by atoms with Gasteiger partial charge in [-0.05, 0) is 37.3 Å². The number of aromatic nitrogens is 1. The summed E-state index contributed by atoms with van der Waals surface area (Å²) in [5, 5.41) is 12.8. The molecular weight excluding hydrogens is 448 g/mol. The number of amides is 1. The highest BCUT2D eigenvalue weighted by molar-refractivity contribution is 7.91. The molecule has 0 aliphatic carbocycles. The molecule has 9 nitrogen and oxygen atoms in total. The Hall–Kier alpha value is -2.41. The third-order valence-electron chi connectivity index (χ3n) is 4.95. The molecule has 12 heteroatoms. The van der Waals surface area contributed by atoms with E-state index in [9.17, 15) is 23.3 Å². The molecule has 158 valence electrons. The van der Waals surface area contributed by atoms with E-state index in [0.29, 0.717) is 29.7 Å². The van der Waals surface area contributed by atoms with Crippen molar-refractivity contribution in [2.45, 2.75) is 36.6 Å². The van der Waals surface area contributed by atoms with Crippen LogP contribution in [0.15, 0.2) is 44.9 Å². The Kier molecular flexibility index (Phi) is 5.57. The van der Waals surface area contributed by atoms with E-state index in [1.54, 1.807) is 22.1 Å². The van der Waals surface area contributed by atoms with Crippen molar-refractivity contribution in [2.24, 2.45) is 4.99 Å². The van der Waals surface area contributed by atoms with Gasteiger partial charge in [-0.1, -0.05) is 17.4 Å². The Balaban J connectivity index is 1.73. The molecule has 1 amide bonds. The minimum absolute atomic E-state index is 0.0376. The quantitative estimate of drug-likeness (QED) is 0.423. The summed E-state index contributed by atoms with van der Waals surface area (Å²) < 4.78 is 29.8. The fraction of sp³-hybridized carbons (Fsp3) is 0.333. The summed E-state index contributed by atoms with van der Waals surface area (Å²) in [5.41, 5.74) is 0.585. The first-order chi connectivity index (χ1) is 14.3. The maximum atomic E-state index is 13.0. The number of nitrogens with zero attached hydrogens (tertiary/aromatic N) is 4. The maximum Gasteiger partial charge on any atom is 0.271 e. The van der Waals surface area contributed by atoms with E-state index in [2.05, 4.69) is 4.99 Å². The van der Waals surface area contributed by atoms with Gasteiger partial charge in [0.25, 0.3) is 21.6 Å². The van der Waals surface area contributed by atoms with Crippen LogP contribution in [0, 0.1) is 10.1 Å². The summed E-state index contributed by atoms with van der Waals surface area (Å²) in [4.78, 5) is 28.2. The number of fused-ring (bicyclic) bond motifs is 1. The Labute approximate surface area is 180 Å². The first kappa shape index (κ1) is 20.8. The topological polar surface area (TPSA) is 115 Å². The van der Waals surface area contributed by atoms with Crippen molar-refractivity contribution in [1.82, 2.24) is 8.87 Å². The molecule has 1 atom stereocenters. The lowest BCUT2D eigenvalue weighted by Gasteiger charge is -2.20. The monoisotopic (exact) mass is 466 g/mol. The number of non-ortho nitro benzene ring substituents is 1. The van der Waals surface area contributed by atoms with Crippen LogP contribution in [0.5, 0.6) is 0 Å². The van der Waals surface area contributed by atoms with Crippen molar-refractivity contribution in [2.75, 3.05) is 6.54 Å². The number of benzene rings is 1. The molecular formula is C18H18N4O5S3. The molecule has 1 fully saturated rings. The molecule has 2 aromatic heterocycles. The van der Waals surface area contributed by atoms with E-state index in [0.717, 1.165) is 16.0 Å². The second kappa shape index (κ2) is 8.02. The number of sulfonamides is 1. The summed E-state index contributed by atoms with van der Waals surface area (Å²) in [7, 11) is -3.74. The Morgan fingerprint density at radius 3 is 2.83 bits per heavy atom. The Bertz CT molecular complexity index is 1290. The standard InChI is InChI=1S/C18H18N4O5S3/c1-2-20-14-11-12(22(24)25)7-8-15(14)29-18(20)19-17(23)13-5-3-9-21(13)30(26,27)16-6-4-10-28-16/h4,6-8,10-11,13H,2-3,5,9H2,1H3. The summed E-state index contributed by atoms with van der Waals surface area (Å²) in [6.07, 6.45) is 0.998. The zero-order valence-electron chi connectivity index (χ0n) is 15.9. The second-order valence-electron chi connectivity index (χ2n) is 6.69. The van der Waals surface area contributed by atoms with E-state index in [-0.39, 0.29) is 16.4 Å². The molecule has 1 aromatic carbocycles. The van der Waals surface area contributed by atoms with Crippen LogP contribution in [0.1, 0.15) is 19.8 Å². The first-order valence-corrected chi connectivity index (χ1v) is 12.4. The molecule has 4 rings (SSSR count). The van der Waals surface area contributed by atoms with Crippen molar-refractivity contribution in [3.63, 3.8) is 0 Å². The Morgan fingerprint density at radius 1 is 1.37 bits per heavy atom. The number of thiazole rings is 1. The zero-order chi connectivity index (χ0) is 21.5. The van der Waals surface area contributed by atoms with E-state index >= 15 is 0 Å². The van der Waals surface area contributed by atoms with Crippen molar-refractivity contribution in [3.05, 3.63) is 50.6 Å². The smallest absolute Gasteiger partial charge is 0.271 e. The molecule has 3 heterocycles. The molecule has 0 N–H and O–H groups in total. The summed E-state index contributed by atoms with van der Waals surface area (Å²) in [5.74, 6) is -0.518. The van der Waals surface area contributed by atoms with Gasteiger partial charge in [-0.3, -0.25) is 14.9 Å². The van der Waals surface area contributed by atoms with Gasteiger partial charge in [-0.25, -0.2) is 8.42 Å². The summed E-state index contributed by atoms with van der Waals surface area (Å²) >= 11 is 2.37. The van der Waals surface area contributed by atoms with Crippen molar-refractivity contribution in [3.8, 4) is 0 Å². The molecule has 3 aromatic rings. The number of hydrogen-bond donors (Lipinski definition) is 0. The average molecular weight is 467 g/mol. The molecule has 0 radical (unpaired) electrons. The van der Waals surface area contributed by atoms with Crippen LogP contribution in [-0.2, 0) is 21.4 Å².